The first kappa shape index (κ1) is 26.1. The highest BCUT2D eigenvalue weighted by Gasteiger charge is 2.24. The maximum atomic E-state index is 12.8. The summed E-state index contributed by atoms with van der Waals surface area (Å²) in [5.74, 6) is -0.290. The van der Waals surface area contributed by atoms with Gasteiger partial charge in [-0.05, 0) is 62.6 Å². The van der Waals surface area contributed by atoms with Crippen LogP contribution in [0.5, 0.6) is 5.75 Å². The quantitative estimate of drug-likeness (QED) is 0.536. The van der Waals surface area contributed by atoms with Gasteiger partial charge in [-0.25, -0.2) is 25.9 Å². The highest BCUT2D eigenvalue weighted by atomic mass is 32.2. The second kappa shape index (κ2) is 10.9. The Hall–Kier alpha value is -2.47. The fourth-order valence-corrected chi connectivity index (χ4v) is 6.61. The highest BCUT2D eigenvalue weighted by molar-refractivity contribution is 7.89. The maximum absolute atomic E-state index is 12.8. The molecule has 2 N–H and O–H groups in total. The normalized spacial score (nSPS) is 15.3. The lowest BCUT2D eigenvalue weighted by molar-refractivity contribution is 0.102. The minimum absolute atomic E-state index is 0.00410. The van der Waals surface area contributed by atoms with Crippen LogP contribution < -0.4 is 14.8 Å². The van der Waals surface area contributed by atoms with E-state index >= 15 is 0 Å². The number of methoxy groups -OCH3 is 1. The number of ether oxygens (including phenoxy) is 1. The Morgan fingerprint density at radius 3 is 2.24 bits per heavy atom. The predicted molar refractivity (Wildman–Crippen MR) is 131 cm³/mol. The van der Waals surface area contributed by atoms with Crippen molar-refractivity contribution >= 4 is 31.6 Å². The first-order valence-electron chi connectivity index (χ1n) is 11.1. The minimum atomic E-state index is -3.76. The molecule has 2 aromatic rings. The lowest BCUT2D eigenvalue weighted by atomic mass is 10.1. The molecule has 186 valence electrons. The Labute approximate surface area is 201 Å². The van der Waals surface area contributed by atoms with Crippen LogP contribution in [0.4, 0.5) is 5.69 Å². The topological polar surface area (TPSA) is 122 Å². The second-order valence-electron chi connectivity index (χ2n) is 8.51. The molecule has 1 aliphatic heterocycles. The molecular formula is C23H31N3O6S2. The van der Waals surface area contributed by atoms with Gasteiger partial charge in [0.25, 0.3) is 5.91 Å². The minimum Gasteiger partial charge on any atom is -0.495 e. The molecule has 34 heavy (non-hydrogen) atoms. The smallest absolute Gasteiger partial charge is 0.255 e. The third kappa shape index (κ3) is 6.56. The van der Waals surface area contributed by atoms with Crippen molar-refractivity contribution in [3.63, 3.8) is 0 Å². The average Bonchev–Trinajstić information content (AvgIpc) is 2.79. The van der Waals surface area contributed by atoms with Gasteiger partial charge in [-0.2, -0.15) is 0 Å². The molecule has 0 aliphatic carbocycles. The van der Waals surface area contributed by atoms with Crippen LogP contribution in [0, 0.1) is 0 Å². The Balaban J connectivity index is 1.75. The molecule has 9 nitrogen and oxygen atoms in total. The van der Waals surface area contributed by atoms with E-state index in [1.54, 1.807) is 38.1 Å². The number of amides is 1. The van der Waals surface area contributed by atoms with Crippen LogP contribution >= 0.6 is 0 Å². The van der Waals surface area contributed by atoms with E-state index in [9.17, 15) is 21.6 Å². The molecule has 1 fully saturated rings. The summed E-state index contributed by atoms with van der Waals surface area (Å²) < 4.78 is 59.6. The molecule has 3 rings (SSSR count). The Morgan fingerprint density at radius 1 is 1.00 bits per heavy atom. The van der Waals surface area contributed by atoms with Crippen LogP contribution in [0.2, 0.25) is 0 Å². The largest absolute Gasteiger partial charge is 0.495 e. The number of benzene rings is 2. The summed E-state index contributed by atoms with van der Waals surface area (Å²) in [5.41, 5.74) is 1.10. The van der Waals surface area contributed by atoms with Gasteiger partial charge in [-0.1, -0.05) is 18.6 Å². The Morgan fingerprint density at radius 2 is 1.65 bits per heavy atom. The van der Waals surface area contributed by atoms with Crippen LogP contribution in [0.3, 0.4) is 0 Å². The highest BCUT2D eigenvalue weighted by Crippen LogP contribution is 2.28. The number of nitrogens with one attached hydrogen (secondary N) is 2. The van der Waals surface area contributed by atoms with Crippen LogP contribution in [-0.2, 0) is 25.8 Å². The first-order chi connectivity index (χ1) is 16.0. The number of carbonyl (C=O) groups excluding carboxylic acids is 1. The molecule has 1 aliphatic rings. The third-order valence-corrected chi connectivity index (χ3v) is 8.90. The maximum Gasteiger partial charge on any atom is 0.255 e. The van der Waals surface area contributed by atoms with E-state index < -0.39 is 26.0 Å². The van der Waals surface area contributed by atoms with E-state index in [1.807, 2.05) is 0 Å². The van der Waals surface area contributed by atoms with Gasteiger partial charge in [0, 0.05) is 24.7 Å². The van der Waals surface area contributed by atoms with Gasteiger partial charge in [0.1, 0.15) is 5.75 Å². The van der Waals surface area contributed by atoms with Gasteiger partial charge in [0.2, 0.25) is 20.0 Å². The lowest BCUT2D eigenvalue weighted by Gasteiger charge is -2.25. The van der Waals surface area contributed by atoms with E-state index in [0.29, 0.717) is 30.0 Å². The fourth-order valence-electron chi connectivity index (χ4n) is 3.72. The van der Waals surface area contributed by atoms with Gasteiger partial charge in [0.05, 0.1) is 23.4 Å². The second-order valence-corrected chi connectivity index (χ2v) is 12.2. The summed E-state index contributed by atoms with van der Waals surface area (Å²) in [6.07, 6.45) is 2.79. The summed E-state index contributed by atoms with van der Waals surface area (Å²) in [4.78, 5) is 12.8. The predicted octanol–water partition coefficient (Wildman–Crippen LogP) is 2.95. The van der Waals surface area contributed by atoms with Crippen molar-refractivity contribution in [1.82, 2.24) is 9.03 Å². The molecule has 1 saturated heterocycles. The van der Waals surface area contributed by atoms with Crippen LogP contribution in [0.1, 0.15) is 49.0 Å². The zero-order chi connectivity index (χ0) is 24.9. The summed E-state index contributed by atoms with van der Waals surface area (Å²) in [7, 11) is -5.74. The first-order valence-corrected chi connectivity index (χ1v) is 14.2. The molecule has 0 unspecified atom stereocenters. The summed E-state index contributed by atoms with van der Waals surface area (Å²) in [6, 6.07) is 10.2. The fraction of sp³-hybridized carbons (Fsp3) is 0.435. The van der Waals surface area contributed by atoms with E-state index in [4.69, 9.17) is 4.74 Å². The van der Waals surface area contributed by atoms with Crippen molar-refractivity contribution in [3.05, 3.63) is 53.6 Å². The van der Waals surface area contributed by atoms with Crippen LogP contribution in [-0.4, -0.2) is 53.3 Å². The molecule has 0 aromatic heterocycles. The van der Waals surface area contributed by atoms with Crippen molar-refractivity contribution in [2.24, 2.45) is 0 Å². The summed E-state index contributed by atoms with van der Waals surface area (Å²) in [5, 5.41) is 2.68. The SMILES string of the molecule is COc1ccc(S(=O)(=O)NC(C)C)cc1NC(=O)c1ccc(CS(=O)(=O)N2CCCCC2)cc1. The molecule has 11 heteroatoms. The standard InChI is InChI=1S/C23H31N3O6S2/c1-17(2)25-34(30,31)20-11-12-22(32-3)21(15-20)24-23(27)19-9-7-18(8-10-19)16-33(28,29)26-13-5-4-6-14-26/h7-12,15,17,25H,4-6,13-14,16H2,1-3H3,(H,24,27). The van der Waals surface area contributed by atoms with E-state index in [-0.39, 0.29) is 22.4 Å². The van der Waals surface area contributed by atoms with Crippen molar-refractivity contribution in [2.75, 3.05) is 25.5 Å². The van der Waals surface area contributed by atoms with E-state index in [1.165, 1.54) is 29.6 Å². The van der Waals surface area contributed by atoms with Gasteiger partial charge in [0.15, 0.2) is 0 Å². The van der Waals surface area contributed by atoms with Crippen LogP contribution in [0.25, 0.3) is 0 Å². The molecule has 0 bridgehead atoms. The van der Waals surface area contributed by atoms with Crippen LogP contribution in [0.15, 0.2) is 47.4 Å². The molecule has 0 saturated carbocycles. The Kier molecular flexibility index (Phi) is 8.34. The van der Waals surface area contributed by atoms with E-state index in [2.05, 4.69) is 10.0 Å². The zero-order valence-corrected chi connectivity index (χ0v) is 21.2. The Bertz CT molecular complexity index is 1220. The van der Waals surface area contributed by atoms with Gasteiger partial charge in [-0.3, -0.25) is 4.79 Å². The van der Waals surface area contributed by atoms with Gasteiger partial charge >= 0.3 is 0 Å². The molecule has 0 atom stereocenters. The number of hydrogen-bond donors (Lipinski definition) is 2. The van der Waals surface area contributed by atoms with Gasteiger partial charge < -0.3 is 10.1 Å². The summed E-state index contributed by atoms with van der Waals surface area (Å²) in [6.45, 7) is 4.52. The molecule has 0 radical (unpaired) electrons. The molecule has 0 spiro atoms. The molecule has 1 amide bonds. The van der Waals surface area contributed by atoms with Crippen molar-refractivity contribution in [3.8, 4) is 5.75 Å². The van der Waals surface area contributed by atoms with Gasteiger partial charge in [-0.15, -0.1) is 0 Å². The van der Waals surface area contributed by atoms with Crippen molar-refractivity contribution in [1.29, 1.82) is 0 Å². The summed E-state index contributed by atoms with van der Waals surface area (Å²) >= 11 is 0. The van der Waals surface area contributed by atoms with E-state index in [0.717, 1.165) is 19.3 Å². The lowest BCUT2D eigenvalue weighted by Crippen LogP contribution is -2.36. The number of anilines is 1. The number of hydrogen-bond acceptors (Lipinski definition) is 6. The third-order valence-electron chi connectivity index (χ3n) is 5.39. The zero-order valence-electron chi connectivity index (χ0n) is 19.6. The molecular weight excluding hydrogens is 478 g/mol. The average molecular weight is 510 g/mol. The number of sulfonamides is 2. The monoisotopic (exact) mass is 509 g/mol. The van der Waals surface area contributed by atoms with Crippen molar-refractivity contribution < 1.29 is 26.4 Å². The number of nitrogens with zero attached hydrogens (tertiary/aromatic N) is 1. The number of carbonyl (C=O) groups is 1. The molecule has 2 aromatic carbocycles. The van der Waals surface area contributed by atoms with Crippen molar-refractivity contribution in [2.45, 2.75) is 49.8 Å². The number of piperidine rings is 1. The number of rotatable bonds is 9. The molecule has 1 heterocycles.